The van der Waals surface area contributed by atoms with Crippen LogP contribution in [0.1, 0.15) is 12.0 Å². The van der Waals surface area contributed by atoms with Gasteiger partial charge in [0.1, 0.15) is 0 Å². The molecule has 1 aliphatic rings. The predicted octanol–water partition coefficient (Wildman–Crippen LogP) is 2.16. The number of halogens is 1. The first-order valence-corrected chi connectivity index (χ1v) is 4.31. The van der Waals surface area contributed by atoms with Crippen LogP contribution in [0.3, 0.4) is 0 Å². The van der Waals surface area contributed by atoms with Crippen molar-refractivity contribution >= 4 is 0 Å². The van der Waals surface area contributed by atoms with Gasteiger partial charge in [-0.1, -0.05) is 6.07 Å². The molecule has 0 unspecified atom stereocenters. The Kier molecular flexibility index (Phi) is 2.08. The maximum Gasteiger partial charge on any atom is 0.207 e. The molecule has 0 aliphatic carbocycles. The first kappa shape index (κ1) is 8.35. The van der Waals surface area contributed by atoms with E-state index in [1.807, 2.05) is 6.07 Å². The lowest BCUT2D eigenvalue weighted by Crippen LogP contribution is -2.10. The van der Waals surface area contributed by atoms with Crippen LogP contribution in [0.2, 0.25) is 0 Å². The van der Waals surface area contributed by atoms with Gasteiger partial charge in [0.15, 0.2) is 11.5 Å². The minimum absolute atomic E-state index is 0.251. The average molecular weight is 182 g/mol. The molecule has 0 radical (unpaired) electrons. The number of hydrogen-bond donors (Lipinski definition) is 0. The van der Waals surface area contributed by atoms with Gasteiger partial charge in [-0.15, -0.1) is 0 Å². The maximum atomic E-state index is 13.5. The second kappa shape index (κ2) is 3.24. The molecule has 3 heteroatoms. The van der Waals surface area contributed by atoms with Crippen molar-refractivity contribution in [1.82, 2.24) is 0 Å². The zero-order valence-corrected chi connectivity index (χ0v) is 7.47. The zero-order chi connectivity index (χ0) is 9.26. The Bertz CT molecular complexity index is 323. The second-order valence-corrected chi connectivity index (χ2v) is 3.02. The smallest absolute Gasteiger partial charge is 0.207 e. The molecule has 1 aliphatic heterocycles. The van der Waals surface area contributed by atoms with E-state index in [2.05, 4.69) is 0 Å². The van der Waals surface area contributed by atoms with Gasteiger partial charge in [-0.2, -0.15) is 4.39 Å². The van der Waals surface area contributed by atoms with E-state index in [1.54, 1.807) is 6.07 Å². The predicted molar refractivity (Wildman–Crippen MR) is 46.8 cm³/mol. The van der Waals surface area contributed by atoms with Crippen LogP contribution in [0.25, 0.3) is 0 Å². The normalized spacial score (nSPS) is 14.6. The second-order valence-electron chi connectivity index (χ2n) is 3.02. The Morgan fingerprint density at radius 2 is 2.31 bits per heavy atom. The van der Waals surface area contributed by atoms with Crippen LogP contribution in [0.15, 0.2) is 12.1 Å². The minimum Gasteiger partial charge on any atom is -0.494 e. The summed E-state index contributed by atoms with van der Waals surface area (Å²) in [5.74, 6) is 0.242. The number of benzene rings is 1. The molecule has 70 valence electrons. The summed E-state index contributed by atoms with van der Waals surface area (Å²) >= 11 is 0. The molecule has 13 heavy (non-hydrogen) atoms. The van der Waals surface area contributed by atoms with Crippen molar-refractivity contribution in [2.45, 2.75) is 12.8 Å². The van der Waals surface area contributed by atoms with Gasteiger partial charge in [-0.3, -0.25) is 0 Å². The standard InChI is InChI=1S/C10H11FO2/c1-12-8-5-4-7-3-2-6-13-10(7)9(8)11/h4-5H,2-3,6H2,1H3. The molecule has 0 atom stereocenters. The number of rotatable bonds is 1. The minimum atomic E-state index is -0.375. The zero-order valence-electron chi connectivity index (χ0n) is 7.47. The molecular weight excluding hydrogens is 171 g/mol. The molecule has 2 nitrogen and oxygen atoms in total. The Hall–Kier alpha value is -1.25. The lowest BCUT2D eigenvalue weighted by molar-refractivity contribution is 0.266. The van der Waals surface area contributed by atoms with E-state index in [1.165, 1.54) is 7.11 Å². The number of methoxy groups -OCH3 is 1. The number of aryl methyl sites for hydroxylation is 1. The van der Waals surface area contributed by atoms with E-state index in [4.69, 9.17) is 9.47 Å². The van der Waals surface area contributed by atoms with E-state index >= 15 is 0 Å². The molecule has 0 aromatic heterocycles. The van der Waals surface area contributed by atoms with Gasteiger partial charge in [0, 0.05) is 0 Å². The maximum absolute atomic E-state index is 13.5. The third-order valence-electron chi connectivity index (χ3n) is 2.20. The SMILES string of the molecule is COc1ccc2c(c1F)OCCC2. The van der Waals surface area contributed by atoms with Crippen molar-refractivity contribution in [2.24, 2.45) is 0 Å². The van der Waals surface area contributed by atoms with Crippen LogP contribution in [0.4, 0.5) is 4.39 Å². The largest absolute Gasteiger partial charge is 0.494 e. The fraction of sp³-hybridized carbons (Fsp3) is 0.400. The first-order valence-electron chi connectivity index (χ1n) is 4.31. The van der Waals surface area contributed by atoms with Gasteiger partial charge >= 0.3 is 0 Å². The van der Waals surface area contributed by atoms with Gasteiger partial charge in [-0.05, 0) is 24.5 Å². The van der Waals surface area contributed by atoms with Crippen LogP contribution >= 0.6 is 0 Å². The summed E-state index contributed by atoms with van der Waals surface area (Å²) in [4.78, 5) is 0. The lowest BCUT2D eigenvalue weighted by atomic mass is 10.1. The third-order valence-corrected chi connectivity index (χ3v) is 2.20. The van der Waals surface area contributed by atoms with Crippen molar-refractivity contribution in [3.63, 3.8) is 0 Å². The molecule has 0 spiro atoms. The summed E-state index contributed by atoms with van der Waals surface area (Å²) in [6.45, 7) is 0.594. The molecule has 0 saturated carbocycles. The molecule has 1 heterocycles. The average Bonchev–Trinajstić information content (AvgIpc) is 2.19. The Balaban J connectivity index is 2.48. The Morgan fingerprint density at radius 1 is 1.46 bits per heavy atom. The summed E-state index contributed by atoms with van der Waals surface area (Å²) in [7, 11) is 1.45. The lowest BCUT2D eigenvalue weighted by Gasteiger charge is -2.18. The first-order chi connectivity index (χ1) is 6.33. The summed E-state index contributed by atoms with van der Waals surface area (Å²) in [5, 5.41) is 0. The van der Waals surface area contributed by atoms with Crippen LogP contribution in [0, 0.1) is 5.82 Å². The van der Waals surface area contributed by atoms with Crippen molar-refractivity contribution in [1.29, 1.82) is 0 Å². The van der Waals surface area contributed by atoms with Gasteiger partial charge in [-0.25, -0.2) is 0 Å². The molecular formula is C10H11FO2. The molecule has 2 rings (SSSR count). The molecule has 0 N–H and O–H groups in total. The van der Waals surface area contributed by atoms with Crippen molar-refractivity contribution in [3.05, 3.63) is 23.5 Å². The van der Waals surface area contributed by atoms with Gasteiger partial charge in [0.2, 0.25) is 5.82 Å². The van der Waals surface area contributed by atoms with Crippen molar-refractivity contribution < 1.29 is 13.9 Å². The fourth-order valence-electron chi connectivity index (χ4n) is 1.53. The summed E-state index contributed by atoms with van der Waals surface area (Å²) in [6.07, 6.45) is 1.84. The van der Waals surface area contributed by atoms with Crippen LogP contribution in [-0.2, 0) is 6.42 Å². The highest BCUT2D eigenvalue weighted by Crippen LogP contribution is 2.33. The van der Waals surface area contributed by atoms with E-state index in [0.29, 0.717) is 12.4 Å². The van der Waals surface area contributed by atoms with Crippen LogP contribution in [0.5, 0.6) is 11.5 Å². The molecule has 0 bridgehead atoms. The monoisotopic (exact) mass is 182 g/mol. The van der Waals surface area contributed by atoms with Gasteiger partial charge in [0.25, 0.3) is 0 Å². The molecule has 0 amide bonds. The topological polar surface area (TPSA) is 18.5 Å². The highest BCUT2D eigenvalue weighted by molar-refractivity contribution is 5.43. The highest BCUT2D eigenvalue weighted by atomic mass is 19.1. The number of hydrogen-bond acceptors (Lipinski definition) is 2. The summed E-state index contributed by atoms with van der Waals surface area (Å²) in [6, 6.07) is 3.50. The molecule has 0 saturated heterocycles. The van der Waals surface area contributed by atoms with Crippen molar-refractivity contribution in [2.75, 3.05) is 13.7 Å². The third kappa shape index (κ3) is 1.34. The Morgan fingerprint density at radius 3 is 3.08 bits per heavy atom. The highest BCUT2D eigenvalue weighted by Gasteiger charge is 2.18. The van der Waals surface area contributed by atoms with Crippen molar-refractivity contribution in [3.8, 4) is 11.5 Å². The van der Waals surface area contributed by atoms with Gasteiger partial charge < -0.3 is 9.47 Å². The summed E-state index contributed by atoms with van der Waals surface area (Å²) in [5.41, 5.74) is 0.935. The van der Waals surface area contributed by atoms with Gasteiger partial charge in [0.05, 0.1) is 13.7 Å². The van der Waals surface area contributed by atoms with E-state index < -0.39 is 0 Å². The Labute approximate surface area is 76.3 Å². The fourth-order valence-corrected chi connectivity index (χ4v) is 1.53. The van der Waals surface area contributed by atoms with Crippen LogP contribution in [-0.4, -0.2) is 13.7 Å². The van der Waals surface area contributed by atoms with E-state index in [0.717, 1.165) is 18.4 Å². The van der Waals surface area contributed by atoms with E-state index in [9.17, 15) is 4.39 Å². The molecule has 1 aromatic rings. The molecule has 0 fully saturated rings. The number of ether oxygens (including phenoxy) is 2. The van der Waals surface area contributed by atoms with Crippen LogP contribution < -0.4 is 9.47 Å². The van der Waals surface area contributed by atoms with E-state index in [-0.39, 0.29) is 11.6 Å². The molecule has 1 aromatic carbocycles. The number of fused-ring (bicyclic) bond motifs is 1. The quantitative estimate of drug-likeness (QED) is 0.662. The summed E-state index contributed by atoms with van der Waals surface area (Å²) < 4.78 is 23.6.